The lowest BCUT2D eigenvalue weighted by atomic mass is 10.1. The number of benzene rings is 2. The van der Waals surface area contributed by atoms with Crippen LogP contribution in [0.3, 0.4) is 0 Å². The quantitative estimate of drug-likeness (QED) is 0.564. The van der Waals surface area contributed by atoms with E-state index in [-0.39, 0.29) is 12.4 Å². The van der Waals surface area contributed by atoms with E-state index in [1.807, 2.05) is 28.8 Å². The number of aryl methyl sites for hydroxylation is 1. The van der Waals surface area contributed by atoms with Gasteiger partial charge in [0, 0.05) is 39.3 Å². The van der Waals surface area contributed by atoms with Crippen LogP contribution in [0.25, 0.3) is 10.9 Å². The predicted octanol–water partition coefficient (Wildman–Crippen LogP) is 5.12. The average molecular weight is 373 g/mol. The summed E-state index contributed by atoms with van der Waals surface area (Å²) in [6.45, 7) is 0.415. The largest absolute Gasteiger partial charge is 0.485 e. The number of nitriles is 1. The Bertz CT molecular complexity index is 953. The zero-order valence-electron chi connectivity index (χ0n) is 13.2. The highest BCUT2D eigenvalue weighted by Gasteiger charge is 2.15. The Morgan fingerprint density at radius 3 is 2.60 bits per heavy atom. The molecule has 0 saturated carbocycles. The van der Waals surface area contributed by atoms with Gasteiger partial charge in [-0.1, -0.05) is 41.4 Å². The smallest absolute Gasteiger partial charge is 0.202 e. The van der Waals surface area contributed by atoms with Crippen LogP contribution in [0.4, 0.5) is 0 Å². The molecule has 0 amide bonds. The van der Waals surface area contributed by atoms with Crippen LogP contribution < -0.4 is 4.74 Å². The lowest BCUT2D eigenvalue weighted by molar-refractivity contribution is 0.0923. The molecule has 0 unspecified atom stereocenters. The SMILES string of the molecule is N#CCCn1cc(C(=O)COc2cc(Cl)cc(Cl)c2)c2ccccc21. The highest BCUT2D eigenvalue weighted by molar-refractivity contribution is 6.34. The summed E-state index contributed by atoms with van der Waals surface area (Å²) in [5.74, 6) is 0.294. The molecule has 0 saturated heterocycles. The summed E-state index contributed by atoms with van der Waals surface area (Å²) in [5.41, 5.74) is 1.49. The van der Waals surface area contributed by atoms with Gasteiger partial charge in [-0.25, -0.2) is 0 Å². The van der Waals surface area contributed by atoms with Crippen LogP contribution in [0.1, 0.15) is 16.8 Å². The third-order valence-corrected chi connectivity index (χ3v) is 4.20. The number of ether oxygens (including phenoxy) is 1. The topological polar surface area (TPSA) is 55.0 Å². The molecule has 1 heterocycles. The molecule has 0 aliphatic rings. The third kappa shape index (κ3) is 3.96. The van der Waals surface area contributed by atoms with Gasteiger partial charge in [-0.05, 0) is 24.3 Å². The molecule has 0 N–H and O–H groups in total. The van der Waals surface area contributed by atoms with Gasteiger partial charge in [-0.2, -0.15) is 5.26 Å². The van der Waals surface area contributed by atoms with E-state index in [9.17, 15) is 4.79 Å². The Balaban J connectivity index is 1.83. The van der Waals surface area contributed by atoms with Crippen molar-refractivity contribution in [3.63, 3.8) is 0 Å². The number of hydrogen-bond acceptors (Lipinski definition) is 3. The van der Waals surface area contributed by atoms with Crippen molar-refractivity contribution in [3.8, 4) is 11.8 Å². The zero-order valence-corrected chi connectivity index (χ0v) is 14.7. The van der Waals surface area contributed by atoms with Crippen molar-refractivity contribution in [2.24, 2.45) is 0 Å². The monoisotopic (exact) mass is 372 g/mol. The van der Waals surface area contributed by atoms with Crippen molar-refractivity contribution in [1.82, 2.24) is 4.57 Å². The molecule has 0 bridgehead atoms. The average Bonchev–Trinajstić information content (AvgIpc) is 2.96. The summed E-state index contributed by atoms with van der Waals surface area (Å²) in [6.07, 6.45) is 2.16. The third-order valence-electron chi connectivity index (χ3n) is 3.76. The normalized spacial score (nSPS) is 10.6. The second-order valence-corrected chi connectivity index (χ2v) is 6.35. The summed E-state index contributed by atoms with van der Waals surface area (Å²) in [6, 6.07) is 14.5. The maximum absolute atomic E-state index is 12.6. The number of rotatable bonds is 6. The Kier molecular flexibility index (Phi) is 5.28. The Morgan fingerprint density at radius 1 is 1.16 bits per heavy atom. The molecule has 2 aromatic carbocycles. The van der Waals surface area contributed by atoms with Crippen LogP contribution in [-0.4, -0.2) is 17.0 Å². The maximum atomic E-state index is 12.6. The van der Waals surface area contributed by atoms with Crippen LogP contribution >= 0.6 is 23.2 Å². The molecule has 0 radical (unpaired) electrons. The molecular weight excluding hydrogens is 359 g/mol. The summed E-state index contributed by atoms with van der Waals surface area (Å²) < 4.78 is 7.46. The van der Waals surface area contributed by atoms with E-state index in [2.05, 4.69) is 6.07 Å². The van der Waals surface area contributed by atoms with Gasteiger partial charge in [-0.15, -0.1) is 0 Å². The maximum Gasteiger partial charge on any atom is 0.202 e. The van der Waals surface area contributed by atoms with Gasteiger partial charge in [-0.3, -0.25) is 4.79 Å². The molecule has 6 heteroatoms. The van der Waals surface area contributed by atoms with Crippen LogP contribution in [0.15, 0.2) is 48.7 Å². The minimum Gasteiger partial charge on any atom is -0.485 e. The van der Waals surface area contributed by atoms with Crippen LogP contribution in [0.5, 0.6) is 5.75 Å². The highest BCUT2D eigenvalue weighted by Crippen LogP contribution is 2.25. The van der Waals surface area contributed by atoms with Gasteiger partial charge in [0.2, 0.25) is 5.78 Å². The Morgan fingerprint density at radius 2 is 1.88 bits per heavy atom. The molecule has 0 atom stereocenters. The van der Waals surface area contributed by atoms with Crippen molar-refractivity contribution in [2.45, 2.75) is 13.0 Å². The Labute approximate surface area is 155 Å². The second kappa shape index (κ2) is 7.60. The molecule has 3 rings (SSSR count). The molecule has 0 aliphatic heterocycles. The number of carbonyl (C=O) groups excluding carboxylic acids is 1. The molecular formula is C19H14Cl2N2O2. The van der Waals surface area contributed by atoms with Gasteiger partial charge in [0.1, 0.15) is 5.75 Å². The first-order chi connectivity index (χ1) is 12.1. The van der Waals surface area contributed by atoms with Crippen LogP contribution in [-0.2, 0) is 6.54 Å². The Hall–Kier alpha value is -2.48. The number of Topliss-reactive ketones (excluding diaryl/α,β-unsaturated/α-hetero) is 1. The van der Waals surface area contributed by atoms with Crippen molar-refractivity contribution in [1.29, 1.82) is 5.26 Å². The molecule has 25 heavy (non-hydrogen) atoms. The number of nitrogens with zero attached hydrogens (tertiary/aromatic N) is 2. The van der Waals surface area contributed by atoms with Crippen molar-refractivity contribution in [2.75, 3.05) is 6.61 Å². The fraction of sp³-hybridized carbons (Fsp3) is 0.158. The van der Waals surface area contributed by atoms with Crippen molar-refractivity contribution in [3.05, 3.63) is 64.3 Å². The summed E-state index contributed by atoms with van der Waals surface area (Å²) in [7, 11) is 0. The first-order valence-electron chi connectivity index (χ1n) is 7.65. The lowest BCUT2D eigenvalue weighted by Crippen LogP contribution is -2.11. The van der Waals surface area contributed by atoms with Crippen molar-refractivity contribution >= 4 is 39.9 Å². The number of halogens is 2. The van der Waals surface area contributed by atoms with Crippen molar-refractivity contribution < 1.29 is 9.53 Å². The number of ketones is 1. The van der Waals surface area contributed by atoms with E-state index in [1.54, 1.807) is 24.4 Å². The fourth-order valence-corrected chi connectivity index (χ4v) is 3.17. The molecule has 3 aromatic rings. The van der Waals surface area contributed by atoms with Crippen LogP contribution in [0, 0.1) is 11.3 Å². The number of carbonyl (C=O) groups is 1. The van der Waals surface area contributed by atoms with E-state index >= 15 is 0 Å². The molecule has 4 nitrogen and oxygen atoms in total. The molecule has 1 aromatic heterocycles. The summed E-state index contributed by atoms with van der Waals surface area (Å²) in [5, 5.41) is 10.5. The van der Waals surface area contributed by atoms with Gasteiger partial charge in [0.25, 0.3) is 0 Å². The van der Waals surface area contributed by atoms with Crippen LogP contribution in [0.2, 0.25) is 10.0 Å². The first-order valence-corrected chi connectivity index (χ1v) is 8.41. The summed E-state index contributed by atoms with van der Waals surface area (Å²) >= 11 is 11.9. The van der Waals surface area contributed by atoms with Gasteiger partial charge < -0.3 is 9.30 Å². The lowest BCUT2D eigenvalue weighted by Gasteiger charge is -2.06. The molecule has 0 fully saturated rings. The number of para-hydroxylation sites is 1. The van der Waals surface area contributed by atoms with E-state index in [0.717, 1.165) is 10.9 Å². The predicted molar refractivity (Wildman–Crippen MR) is 98.5 cm³/mol. The van der Waals surface area contributed by atoms with E-state index in [0.29, 0.717) is 34.3 Å². The number of aromatic nitrogens is 1. The zero-order chi connectivity index (χ0) is 17.8. The molecule has 0 spiro atoms. The standard InChI is InChI=1S/C19H14Cl2N2O2/c20-13-8-14(21)10-15(9-13)25-12-19(24)17-11-23(7-3-6-22)18-5-2-1-4-16(17)18/h1-2,4-5,8-11H,3,7,12H2. The van der Waals surface area contributed by atoms with E-state index < -0.39 is 0 Å². The van der Waals surface area contributed by atoms with Gasteiger partial charge in [0.15, 0.2) is 6.61 Å². The van der Waals surface area contributed by atoms with Gasteiger partial charge >= 0.3 is 0 Å². The molecule has 126 valence electrons. The van der Waals surface area contributed by atoms with E-state index in [1.165, 1.54) is 0 Å². The first kappa shape index (κ1) is 17.3. The molecule has 0 aliphatic carbocycles. The second-order valence-electron chi connectivity index (χ2n) is 5.48. The van der Waals surface area contributed by atoms with E-state index in [4.69, 9.17) is 33.2 Å². The minimum atomic E-state index is -0.150. The number of hydrogen-bond donors (Lipinski definition) is 0. The van der Waals surface area contributed by atoms with Gasteiger partial charge in [0.05, 0.1) is 12.5 Å². The number of fused-ring (bicyclic) bond motifs is 1. The fourth-order valence-electron chi connectivity index (χ4n) is 2.66. The highest BCUT2D eigenvalue weighted by atomic mass is 35.5. The summed E-state index contributed by atoms with van der Waals surface area (Å²) in [4.78, 5) is 12.6. The minimum absolute atomic E-state index is 0.122.